The Kier molecular flexibility index (Phi) is 7.30. The Morgan fingerprint density at radius 2 is 1.78 bits per heavy atom. The average molecular weight is 500 g/mol. The molecule has 6 nitrogen and oxygen atoms in total. The van der Waals surface area contributed by atoms with Crippen LogP contribution in [0.25, 0.3) is 10.9 Å². The highest BCUT2D eigenvalue weighted by molar-refractivity contribution is 7.99. The minimum absolute atomic E-state index is 0.342. The van der Waals surface area contributed by atoms with Crippen LogP contribution in [0.15, 0.2) is 72.0 Å². The summed E-state index contributed by atoms with van der Waals surface area (Å²) in [6, 6.07) is 21.5. The summed E-state index contributed by atoms with van der Waals surface area (Å²) in [6.07, 6.45) is 6.74. The van der Waals surface area contributed by atoms with E-state index in [2.05, 4.69) is 74.1 Å². The van der Waals surface area contributed by atoms with Gasteiger partial charge in [-0.05, 0) is 68.1 Å². The van der Waals surface area contributed by atoms with Crippen molar-refractivity contribution in [2.75, 3.05) is 25.4 Å². The number of piperidine rings is 1. The van der Waals surface area contributed by atoms with Crippen molar-refractivity contribution in [3.8, 4) is 0 Å². The number of rotatable bonds is 8. The third-order valence-corrected chi connectivity index (χ3v) is 8.48. The van der Waals surface area contributed by atoms with Crippen molar-refractivity contribution in [2.24, 2.45) is 0 Å². The maximum atomic E-state index is 5.85. The summed E-state index contributed by atoms with van der Waals surface area (Å²) in [6.45, 7) is 4.85. The number of thioether (sulfide) groups is 1. The highest BCUT2D eigenvalue weighted by Gasteiger charge is 2.27. The van der Waals surface area contributed by atoms with E-state index in [0.717, 1.165) is 74.3 Å². The lowest BCUT2D eigenvalue weighted by molar-refractivity contribution is 0.129. The van der Waals surface area contributed by atoms with E-state index in [9.17, 15) is 0 Å². The number of likely N-dealkylation sites (tertiary alicyclic amines) is 1. The van der Waals surface area contributed by atoms with E-state index < -0.39 is 0 Å². The van der Waals surface area contributed by atoms with Crippen molar-refractivity contribution in [2.45, 2.75) is 56.0 Å². The molecule has 4 aromatic rings. The molecule has 2 saturated heterocycles. The van der Waals surface area contributed by atoms with Gasteiger partial charge in [0.2, 0.25) is 0 Å². The normalized spacial score (nSPS) is 19.3. The van der Waals surface area contributed by atoms with Gasteiger partial charge >= 0.3 is 0 Å². The largest absolute Gasteiger partial charge is 0.377 e. The van der Waals surface area contributed by atoms with Gasteiger partial charge in [0.1, 0.15) is 5.82 Å². The van der Waals surface area contributed by atoms with Crippen LogP contribution < -0.4 is 0 Å². The van der Waals surface area contributed by atoms with Crippen LogP contribution in [-0.4, -0.2) is 56.2 Å². The molecule has 2 fully saturated rings. The molecule has 0 bridgehead atoms. The van der Waals surface area contributed by atoms with Crippen LogP contribution in [0.3, 0.4) is 0 Å². The first kappa shape index (κ1) is 23.6. The van der Waals surface area contributed by atoms with Crippen LogP contribution in [0.5, 0.6) is 0 Å². The summed E-state index contributed by atoms with van der Waals surface area (Å²) in [4.78, 5) is 7.02. The van der Waals surface area contributed by atoms with Gasteiger partial charge < -0.3 is 9.30 Å². The smallest absolute Gasteiger partial charge is 0.191 e. The molecule has 36 heavy (non-hydrogen) atoms. The van der Waals surface area contributed by atoms with E-state index >= 15 is 0 Å². The van der Waals surface area contributed by atoms with Gasteiger partial charge in [-0.15, -0.1) is 10.2 Å². The zero-order valence-corrected chi connectivity index (χ0v) is 21.4. The number of hydrogen-bond acceptors (Lipinski definition) is 6. The summed E-state index contributed by atoms with van der Waals surface area (Å²) in [5.74, 6) is 2.53. The Bertz CT molecular complexity index is 1280. The standard InChI is InChI=1S/C29H33N5OS/c1-2-6-22(7-3-1)20-34-28(31-32-29(34)36-21-26-9-5-17-35-26)24-12-15-33(16-13-24)19-23-10-11-27-25(18-23)8-4-14-30-27/h1-4,6-8,10-11,14,18,24,26H,5,9,12-13,15-17,19-21H2/t26-/m0/s1. The molecule has 0 N–H and O–H groups in total. The van der Waals surface area contributed by atoms with Gasteiger partial charge in [0, 0.05) is 36.4 Å². The van der Waals surface area contributed by atoms with E-state index in [-0.39, 0.29) is 0 Å². The van der Waals surface area contributed by atoms with Crippen LogP contribution in [0.1, 0.15) is 48.6 Å². The number of benzene rings is 2. The summed E-state index contributed by atoms with van der Waals surface area (Å²) < 4.78 is 8.22. The Labute approximate surface area is 217 Å². The second-order valence-corrected chi connectivity index (χ2v) is 10.9. The lowest BCUT2D eigenvalue weighted by atomic mass is 9.95. The fraction of sp³-hybridized carbons (Fsp3) is 0.414. The first-order valence-corrected chi connectivity index (χ1v) is 14.1. The zero-order chi connectivity index (χ0) is 24.2. The third kappa shape index (κ3) is 5.48. The van der Waals surface area contributed by atoms with Gasteiger partial charge in [-0.25, -0.2) is 0 Å². The minimum atomic E-state index is 0.342. The minimum Gasteiger partial charge on any atom is -0.377 e. The number of fused-ring (bicyclic) bond motifs is 1. The molecular formula is C29H33N5OS. The van der Waals surface area contributed by atoms with E-state index in [4.69, 9.17) is 9.84 Å². The van der Waals surface area contributed by atoms with Crippen LogP contribution in [0.2, 0.25) is 0 Å². The SMILES string of the molecule is c1ccc(Cn2c(SC[C@@H]3CCCO3)nnc2C2CCN(Cc3ccc4ncccc4c3)CC2)cc1. The second kappa shape index (κ2) is 11.1. The van der Waals surface area contributed by atoms with Crippen molar-refractivity contribution in [3.63, 3.8) is 0 Å². The predicted molar refractivity (Wildman–Crippen MR) is 144 cm³/mol. The molecule has 2 aromatic carbocycles. The number of nitrogens with zero attached hydrogens (tertiary/aromatic N) is 5. The summed E-state index contributed by atoms with van der Waals surface area (Å²) in [5.41, 5.74) is 3.71. The predicted octanol–water partition coefficient (Wildman–Crippen LogP) is 5.53. The molecule has 2 aliphatic rings. The van der Waals surface area contributed by atoms with Gasteiger partial charge in [-0.3, -0.25) is 9.88 Å². The lowest BCUT2D eigenvalue weighted by Gasteiger charge is -2.31. The highest BCUT2D eigenvalue weighted by Crippen LogP contribution is 2.32. The third-order valence-electron chi connectivity index (χ3n) is 7.38. The molecule has 4 heterocycles. The molecule has 0 aliphatic carbocycles. The van der Waals surface area contributed by atoms with Gasteiger partial charge in [0.05, 0.1) is 18.2 Å². The number of pyridine rings is 1. The maximum Gasteiger partial charge on any atom is 0.191 e. The Hall–Kier alpha value is -2.74. The van der Waals surface area contributed by atoms with Gasteiger partial charge in [0.15, 0.2) is 5.16 Å². The maximum absolute atomic E-state index is 5.85. The molecule has 2 aromatic heterocycles. The van der Waals surface area contributed by atoms with E-state index in [1.54, 1.807) is 11.8 Å². The second-order valence-electron chi connectivity index (χ2n) is 9.94. The fourth-order valence-corrected chi connectivity index (χ4v) is 6.41. The van der Waals surface area contributed by atoms with Crippen molar-refractivity contribution >= 4 is 22.7 Å². The van der Waals surface area contributed by atoms with Crippen molar-refractivity contribution in [1.29, 1.82) is 0 Å². The molecule has 0 amide bonds. The van der Waals surface area contributed by atoms with E-state index in [1.165, 1.54) is 22.9 Å². The summed E-state index contributed by atoms with van der Waals surface area (Å²) in [7, 11) is 0. The molecule has 2 aliphatic heterocycles. The molecule has 1 atom stereocenters. The van der Waals surface area contributed by atoms with Gasteiger partial charge in [-0.2, -0.15) is 0 Å². The number of ether oxygens (including phenoxy) is 1. The Morgan fingerprint density at radius 1 is 0.889 bits per heavy atom. The average Bonchev–Trinajstić information content (AvgIpc) is 3.59. The quantitative estimate of drug-likeness (QED) is 0.297. The lowest BCUT2D eigenvalue weighted by Crippen LogP contribution is -2.33. The summed E-state index contributed by atoms with van der Waals surface area (Å²) >= 11 is 1.80. The fourth-order valence-electron chi connectivity index (χ4n) is 5.40. The first-order valence-electron chi connectivity index (χ1n) is 13.1. The van der Waals surface area contributed by atoms with Crippen molar-refractivity contribution < 1.29 is 4.74 Å². The zero-order valence-electron chi connectivity index (χ0n) is 20.6. The van der Waals surface area contributed by atoms with Crippen molar-refractivity contribution in [3.05, 3.63) is 83.8 Å². The topological polar surface area (TPSA) is 56.1 Å². The number of aromatic nitrogens is 4. The monoisotopic (exact) mass is 499 g/mol. The Morgan fingerprint density at radius 3 is 2.61 bits per heavy atom. The Balaban J connectivity index is 1.14. The molecule has 7 heteroatoms. The summed E-state index contributed by atoms with van der Waals surface area (Å²) in [5, 5.41) is 11.7. The van der Waals surface area contributed by atoms with Gasteiger partial charge in [0.25, 0.3) is 0 Å². The molecular weight excluding hydrogens is 466 g/mol. The van der Waals surface area contributed by atoms with Crippen LogP contribution in [0.4, 0.5) is 0 Å². The van der Waals surface area contributed by atoms with E-state index in [0.29, 0.717) is 12.0 Å². The number of hydrogen-bond donors (Lipinski definition) is 0. The van der Waals surface area contributed by atoms with Crippen LogP contribution in [0, 0.1) is 0 Å². The molecule has 186 valence electrons. The highest BCUT2D eigenvalue weighted by atomic mass is 32.2. The van der Waals surface area contributed by atoms with Crippen molar-refractivity contribution in [1.82, 2.24) is 24.6 Å². The molecule has 0 saturated carbocycles. The first-order chi connectivity index (χ1) is 17.8. The molecule has 0 spiro atoms. The molecule has 6 rings (SSSR count). The molecule has 0 radical (unpaired) electrons. The van der Waals surface area contributed by atoms with E-state index in [1.807, 2.05) is 12.3 Å². The van der Waals surface area contributed by atoms with Crippen LogP contribution >= 0.6 is 11.8 Å². The van der Waals surface area contributed by atoms with Crippen LogP contribution in [-0.2, 0) is 17.8 Å². The van der Waals surface area contributed by atoms with Gasteiger partial charge in [-0.1, -0.05) is 54.2 Å². The molecule has 0 unspecified atom stereocenters.